The summed E-state index contributed by atoms with van der Waals surface area (Å²) in [7, 11) is 0. The number of rotatable bonds is 3. The molecule has 1 N–H and O–H groups in total. The van der Waals surface area contributed by atoms with Gasteiger partial charge in [-0.1, -0.05) is 42.5 Å². The van der Waals surface area contributed by atoms with Crippen LogP contribution in [0.25, 0.3) is 10.8 Å². The number of fused-ring (bicyclic) bond motifs is 1. The highest BCUT2D eigenvalue weighted by molar-refractivity contribution is 7.09. The van der Waals surface area contributed by atoms with Crippen molar-refractivity contribution in [1.82, 2.24) is 14.7 Å². The fourth-order valence-electron chi connectivity index (χ4n) is 2.92. The molecule has 2 aromatic carbocycles. The first-order valence-electron chi connectivity index (χ1n) is 7.65. The molecule has 0 radical (unpaired) electrons. The van der Waals surface area contributed by atoms with Crippen LogP contribution in [0.2, 0.25) is 0 Å². The van der Waals surface area contributed by atoms with Gasteiger partial charge in [-0.2, -0.15) is 4.37 Å². The van der Waals surface area contributed by atoms with Gasteiger partial charge < -0.3 is 10.2 Å². The van der Waals surface area contributed by atoms with Crippen molar-refractivity contribution in [2.75, 3.05) is 31.1 Å². The molecular formula is C17H18N4S. The number of benzene rings is 2. The molecule has 0 aliphatic carbocycles. The molecule has 22 heavy (non-hydrogen) atoms. The highest BCUT2D eigenvalue weighted by Gasteiger charge is 2.15. The summed E-state index contributed by atoms with van der Waals surface area (Å²) in [4.78, 5) is 7.06. The Morgan fingerprint density at radius 1 is 1.05 bits per heavy atom. The predicted octanol–water partition coefficient (Wildman–Crippen LogP) is 2.69. The molecule has 0 amide bonds. The summed E-state index contributed by atoms with van der Waals surface area (Å²) in [5.41, 5.74) is 1.29. The molecule has 2 heterocycles. The lowest BCUT2D eigenvalue weighted by Gasteiger charge is -2.26. The molecule has 0 spiro atoms. The van der Waals surface area contributed by atoms with Crippen molar-refractivity contribution < 1.29 is 0 Å². The minimum absolute atomic E-state index is 0.796. The van der Waals surface area contributed by atoms with Crippen LogP contribution >= 0.6 is 11.5 Å². The minimum Gasteiger partial charge on any atom is -0.344 e. The standard InChI is InChI=1S/C17H18N4S/c1-2-7-15-13(4-1)5-3-6-14(15)12-16-19-17(22-20-16)21-10-8-18-9-11-21/h1-7,18H,8-12H2. The highest BCUT2D eigenvalue weighted by atomic mass is 32.1. The SMILES string of the molecule is c1ccc2c(Cc3nsc(N4CCNCC4)n3)cccc2c1. The van der Waals surface area contributed by atoms with Crippen LogP contribution in [0, 0.1) is 0 Å². The summed E-state index contributed by atoms with van der Waals surface area (Å²) in [5.74, 6) is 0.926. The third-order valence-corrected chi connectivity index (χ3v) is 4.89. The van der Waals surface area contributed by atoms with E-state index in [9.17, 15) is 0 Å². The molecule has 0 bridgehead atoms. The van der Waals surface area contributed by atoms with Gasteiger partial charge >= 0.3 is 0 Å². The van der Waals surface area contributed by atoms with Gasteiger partial charge in [0.15, 0.2) is 0 Å². The molecule has 4 rings (SSSR count). The second-order valence-electron chi connectivity index (χ2n) is 5.55. The molecule has 112 valence electrons. The molecule has 1 aromatic heterocycles. The van der Waals surface area contributed by atoms with Gasteiger partial charge in [-0.15, -0.1) is 0 Å². The highest BCUT2D eigenvalue weighted by Crippen LogP contribution is 2.23. The van der Waals surface area contributed by atoms with Gasteiger partial charge in [0.05, 0.1) is 0 Å². The third-order valence-electron chi connectivity index (χ3n) is 4.07. The average Bonchev–Trinajstić information content (AvgIpc) is 3.05. The van der Waals surface area contributed by atoms with Crippen LogP contribution in [0.4, 0.5) is 5.13 Å². The van der Waals surface area contributed by atoms with E-state index in [1.165, 1.54) is 27.9 Å². The van der Waals surface area contributed by atoms with Crippen molar-refractivity contribution in [2.24, 2.45) is 0 Å². The van der Waals surface area contributed by atoms with E-state index in [1.54, 1.807) is 0 Å². The largest absolute Gasteiger partial charge is 0.344 e. The summed E-state index contributed by atoms with van der Waals surface area (Å²) < 4.78 is 4.56. The van der Waals surface area contributed by atoms with Crippen molar-refractivity contribution in [2.45, 2.75) is 6.42 Å². The Bertz CT molecular complexity index is 772. The number of nitrogens with one attached hydrogen (secondary N) is 1. The number of anilines is 1. The van der Waals surface area contributed by atoms with E-state index in [0.717, 1.165) is 43.6 Å². The van der Waals surface area contributed by atoms with E-state index in [-0.39, 0.29) is 0 Å². The fraction of sp³-hybridized carbons (Fsp3) is 0.294. The monoisotopic (exact) mass is 310 g/mol. The molecule has 1 fully saturated rings. The van der Waals surface area contributed by atoms with Crippen LogP contribution in [0.3, 0.4) is 0 Å². The first kappa shape index (κ1) is 13.7. The van der Waals surface area contributed by atoms with Gasteiger partial charge in [0.1, 0.15) is 5.82 Å². The maximum atomic E-state index is 4.74. The molecule has 0 unspecified atom stereocenters. The smallest absolute Gasteiger partial charge is 0.205 e. The van der Waals surface area contributed by atoms with Crippen LogP contribution < -0.4 is 10.2 Å². The minimum atomic E-state index is 0.796. The Morgan fingerprint density at radius 3 is 2.77 bits per heavy atom. The molecule has 3 aromatic rings. The molecule has 0 saturated carbocycles. The van der Waals surface area contributed by atoms with Crippen molar-refractivity contribution in [3.63, 3.8) is 0 Å². The molecular weight excluding hydrogens is 292 g/mol. The first-order valence-corrected chi connectivity index (χ1v) is 8.42. The van der Waals surface area contributed by atoms with Crippen LogP contribution in [0.1, 0.15) is 11.4 Å². The average molecular weight is 310 g/mol. The molecule has 1 aliphatic rings. The quantitative estimate of drug-likeness (QED) is 0.807. The van der Waals surface area contributed by atoms with E-state index in [1.807, 2.05) is 0 Å². The van der Waals surface area contributed by atoms with Gasteiger partial charge in [-0.3, -0.25) is 0 Å². The van der Waals surface area contributed by atoms with Crippen molar-refractivity contribution in [3.05, 3.63) is 53.9 Å². The number of hydrogen-bond donors (Lipinski definition) is 1. The van der Waals surface area contributed by atoms with Gasteiger partial charge in [0.2, 0.25) is 5.13 Å². The molecule has 1 saturated heterocycles. The predicted molar refractivity (Wildman–Crippen MR) is 91.7 cm³/mol. The third kappa shape index (κ3) is 2.69. The Hall–Kier alpha value is -1.98. The van der Waals surface area contributed by atoms with Crippen LogP contribution in [0.15, 0.2) is 42.5 Å². The maximum Gasteiger partial charge on any atom is 0.205 e. The topological polar surface area (TPSA) is 41.1 Å². The van der Waals surface area contributed by atoms with Gasteiger partial charge in [0.25, 0.3) is 0 Å². The zero-order chi connectivity index (χ0) is 14.8. The van der Waals surface area contributed by atoms with E-state index < -0.39 is 0 Å². The molecule has 0 atom stereocenters. The Kier molecular flexibility index (Phi) is 3.74. The van der Waals surface area contributed by atoms with Crippen molar-refractivity contribution in [1.29, 1.82) is 0 Å². The second kappa shape index (κ2) is 6.02. The number of piperazine rings is 1. The maximum absolute atomic E-state index is 4.74. The molecule has 4 nitrogen and oxygen atoms in total. The van der Waals surface area contributed by atoms with Crippen molar-refractivity contribution >= 4 is 27.4 Å². The summed E-state index contributed by atoms with van der Waals surface area (Å²) >= 11 is 1.52. The second-order valence-corrected chi connectivity index (χ2v) is 6.28. The zero-order valence-corrected chi connectivity index (χ0v) is 13.1. The van der Waals surface area contributed by atoms with E-state index in [4.69, 9.17) is 4.98 Å². The molecule has 5 heteroatoms. The normalized spacial score (nSPS) is 15.4. The van der Waals surface area contributed by atoms with Gasteiger partial charge in [0, 0.05) is 44.1 Å². The van der Waals surface area contributed by atoms with Crippen LogP contribution in [0.5, 0.6) is 0 Å². The van der Waals surface area contributed by atoms with Crippen LogP contribution in [-0.4, -0.2) is 35.5 Å². The molecule has 1 aliphatic heterocycles. The summed E-state index contributed by atoms with van der Waals surface area (Å²) in [6.45, 7) is 4.09. The number of hydrogen-bond acceptors (Lipinski definition) is 5. The lowest BCUT2D eigenvalue weighted by Crippen LogP contribution is -2.43. The number of aromatic nitrogens is 2. The van der Waals surface area contributed by atoms with E-state index in [0.29, 0.717) is 0 Å². The summed E-state index contributed by atoms with van der Waals surface area (Å²) in [5, 5.41) is 6.99. The summed E-state index contributed by atoms with van der Waals surface area (Å²) in [6.07, 6.45) is 0.796. The lowest BCUT2D eigenvalue weighted by atomic mass is 10.0. The fourth-order valence-corrected chi connectivity index (χ4v) is 3.65. The lowest BCUT2D eigenvalue weighted by molar-refractivity contribution is 0.588. The van der Waals surface area contributed by atoms with Gasteiger partial charge in [-0.25, -0.2) is 4.98 Å². The van der Waals surface area contributed by atoms with E-state index >= 15 is 0 Å². The Labute approximate surface area is 134 Å². The van der Waals surface area contributed by atoms with Crippen molar-refractivity contribution in [3.8, 4) is 0 Å². The van der Waals surface area contributed by atoms with Crippen LogP contribution in [-0.2, 0) is 6.42 Å². The zero-order valence-electron chi connectivity index (χ0n) is 12.3. The van der Waals surface area contributed by atoms with Gasteiger partial charge in [-0.05, 0) is 16.3 Å². The Morgan fingerprint density at radius 2 is 1.86 bits per heavy atom. The van der Waals surface area contributed by atoms with E-state index in [2.05, 4.69) is 57.1 Å². The Balaban J connectivity index is 1.59. The first-order chi connectivity index (χ1) is 10.9. The number of nitrogens with zero attached hydrogens (tertiary/aromatic N) is 3. The summed E-state index contributed by atoms with van der Waals surface area (Å²) in [6, 6.07) is 14.9.